The molecule has 0 fully saturated rings. The van der Waals surface area contributed by atoms with Crippen molar-refractivity contribution in [2.24, 2.45) is 0 Å². The summed E-state index contributed by atoms with van der Waals surface area (Å²) in [6.07, 6.45) is 4.09. The first-order valence-electron chi connectivity index (χ1n) is 3.58. The van der Waals surface area contributed by atoms with Gasteiger partial charge in [0.05, 0.1) is 5.60 Å². The van der Waals surface area contributed by atoms with Gasteiger partial charge in [0, 0.05) is 0 Å². The molecule has 0 rings (SSSR count). The fraction of sp³-hybridized carbons (Fsp3) is 0.875. The maximum absolute atomic E-state index is 9.22. The van der Waals surface area contributed by atoms with Crippen molar-refractivity contribution < 1.29 is 5.11 Å². The lowest BCUT2D eigenvalue weighted by Crippen LogP contribution is -2.17. The smallest absolute Gasteiger partial charge is 0.0591 e. The van der Waals surface area contributed by atoms with E-state index in [4.69, 9.17) is 0 Å². The number of unbranched alkanes of at least 4 members (excludes halogenated alkanes) is 2. The molecule has 0 atom stereocenters. The fourth-order valence-electron chi connectivity index (χ4n) is 0.734. The summed E-state index contributed by atoms with van der Waals surface area (Å²) in [5, 5.41) is 9.22. The van der Waals surface area contributed by atoms with Gasteiger partial charge >= 0.3 is 0 Å². The van der Waals surface area contributed by atoms with Gasteiger partial charge in [-0.15, -0.1) is 0 Å². The molecule has 0 amide bonds. The van der Waals surface area contributed by atoms with E-state index >= 15 is 0 Å². The zero-order chi connectivity index (χ0) is 7.33. The van der Waals surface area contributed by atoms with E-state index in [-0.39, 0.29) is 0 Å². The molecule has 0 aliphatic carbocycles. The average molecular weight is 129 g/mol. The van der Waals surface area contributed by atoms with E-state index < -0.39 is 5.60 Å². The van der Waals surface area contributed by atoms with Crippen LogP contribution in [0.1, 0.15) is 39.5 Å². The van der Waals surface area contributed by atoms with Crippen LogP contribution in [0.15, 0.2) is 0 Å². The molecule has 0 aromatic rings. The highest BCUT2D eigenvalue weighted by atomic mass is 16.3. The van der Waals surface area contributed by atoms with E-state index in [1.165, 1.54) is 0 Å². The van der Waals surface area contributed by atoms with Gasteiger partial charge in [-0.25, -0.2) is 0 Å². The van der Waals surface area contributed by atoms with Crippen molar-refractivity contribution in [2.75, 3.05) is 0 Å². The normalized spacial score (nSPS) is 12.0. The fourth-order valence-corrected chi connectivity index (χ4v) is 0.734. The zero-order valence-electron chi connectivity index (χ0n) is 6.48. The van der Waals surface area contributed by atoms with Gasteiger partial charge in [0.25, 0.3) is 0 Å². The topological polar surface area (TPSA) is 20.2 Å². The third kappa shape index (κ3) is 7.96. The maximum Gasteiger partial charge on any atom is 0.0591 e. The van der Waals surface area contributed by atoms with Crippen LogP contribution in [0.3, 0.4) is 0 Å². The molecule has 0 heterocycles. The molecule has 0 aromatic heterocycles. The summed E-state index contributed by atoms with van der Waals surface area (Å²) in [7, 11) is 0. The van der Waals surface area contributed by atoms with E-state index in [1.54, 1.807) is 0 Å². The van der Waals surface area contributed by atoms with Gasteiger partial charge in [-0.3, -0.25) is 0 Å². The summed E-state index contributed by atoms with van der Waals surface area (Å²) in [6, 6.07) is 0. The SMILES string of the molecule is [CH2]CCCCC(C)(C)O. The molecule has 0 saturated heterocycles. The van der Waals surface area contributed by atoms with Crippen LogP contribution in [0, 0.1) is 6.92 Å². The van der Waals surface area contributed by atoms with Gasteiger partial charge in [-0.05, 0) is 20.3 Å². The Hall–Kier alpha value is -0.0400. The Morgan fingerprint density at radius 3 is 2.22 bits per heavy atom. The first kappa shape index (κ1) is 8.96. The second-order valence-corrected chi connectivity index (χ2v) is 3.12. The van der Waals surface area contributed by atoms with Crippen molar-refractivity contribution in [3.05, 3.63) is 6.92 Å². The predicted octanol–water partition coefficient (Wildman–Crippen LogP) is 2.15. The third-order valence-corrected chi connectivity index (χ3v) is 1.29. The average Bonchev–Trinajstić information content (AvgIpc) is 1.63. The summed E-state index contributed by atoms with van der Waals surface area (Å²) in [6.45, 7) is 7.41. The van der Waals surface area contributed by atoms with Crippen LogP contribution in [0.4, 0.5) is 0 Å². The van der Waals surface area contributed by atoms with Gasteiger partial charge in [-0.2, -0.15) is 0 Å². The summed E-state index contributed by atoms with van der Waals surface area (Å²) >= 11 is 0. The minimum atomic E-state index is -0.477. The lowest BCUT2D eigenvalue weighted by atomic mass is 10.0. The minimum Gasteiger partial charge on any atom is -0.390 e. The van der Waals surface area contributed by atoms with E-state index in [1.807, 2.05) is 13.8 Å². The Balaban J connectivity index is 3.07. The van der Waals surface area contributed by atoms with Gasteiger partial charge < -0.3 is 5.11 Å². The van der Waals surface area contributed by atoms with Crippen molar-refractivity contribution >= 4 is 0 Å². The minimum absolute atomic E-state index is 0.477. The highest BCUT2D eigenvalue weighted by Crippen LogP contribution is 2.12. The van der Waals surface area contributed by atoms with Gasteiger partial charge in [0.15, 0.2) is 0 Å². The summed E-state index contributed by atoms with van der Waals surface area (Å²) in [5.41, 5.74) is -0.477. The van der Waals surface area contributed by atoms with Crippen LogP contribution in [0.2, 0.25) is 0 Å². The van der Waals surface area contributed by atoms with Crippen LogP contribution < -0.4 is 0 Å². The molecular formula is C8H17O. The molecule has 1 radical (unpaired) electrons. The van der Waals surface area contributed by atoms with Crippen LogP contribution >= 0.6 is 0 Å². The number of aliphatic hydroxyl groups is 1. The zero-order valence-corrected chi connectivity index (χ0v) is 6.48. The molecule has 0 aliphatic heterocycles. The van der Waals surface area contributed by atoms with Gasteiger partial charge in [0.2, 0.25) is 0 Å². The van der Waals surface area contributed by atoms with Crippen LogP contribution in [0.25, 0.3) is 0 Å². The Morgan fingerprint density at radius 1 is 1.33 bits per heavy atom. The number of hydrogen-bond donors (Lipinski definition) is 1. The van der Waals surface area contributed by atoms with E-state index in [2.05, 4.69) is 6.92 Å². The summed E-state index contributed by atoms with van der Waals surface area (Å²) < 4.78 is 0. The maximum atomic E-state index is 9.22. The van der Waals surface area contributed by atoms with Crippen molar-refractivity contribution in [3.63, 3.8) is 0 Å². The third-order valence-electron chi connectivity index (χ3n) is 1.29. The van der Waals surface area contributed by atoms with Crippen LogP contribution in [-0.2, 0) is 0 Å². The van der Waals surface area contributed by atoms with Crippen molar-refractivity contribution in [1.82, 2.24) is 0 Å². The molecule has 0 saturated carbocycles. The second kappa shape index (κ2) is 3.89. The largest absolute Gasteiger partial charge is 0.390 e. The molecule has 1 heteroatoms. The molecule has 0 bridgehead atoms. The molecule has 9 heavy (non-hydrogen) atoms. The molecule has 1 N–H and O–H groups in total. The Labute approximate surface area is 58.1 Å². The van der Waals surface area contributed by atoms with Crippen LogP contribution in [0.5, 0.6) is 0 Å². The highest BCUT2D eigenvalue weighted by molar-refractivity contribution is 4.64. The first-order chi connectivity index (χ1) is 4.06. The Bertz CT molecular complexity index is 61.5. The lowest BCUT2D eigenvalue weighted by molar-refractivity contribution is 0.0683. The van der Waals surface area contributed by atoms with Gasteiger partial charge in [-0.1, -0.05) is 26.2 Å². The van der Waals surface area contributed by atoms with Crippen LogP contribution in [-0.4, -0.2) is 10.7 Å². The predicted molar refractivity (Wildman–Crippen MR) is 40.1 cm³/mol. The molecule has 0 aromatic carbocycles. The van der Waals surface area contributed by atoms with Crippen molar-refractivity contribution in [2.45, 2.75) is 45.1 Å². The quantitative estimate of drug-likeness (QED) is 0.577. The van der Waals surface area contributed by atoms with E-state index in [0.717, 1.165) is 25.7 Å². The Morgan fingerprint density at radius 2 is 1.89 bits per heavy atom. The van der Waals surface area contributed by atoms with Gasteiger partial charge in [0.1, 0.15) is 0 Å². The molecule has 1 nitrogen and oxygen atoms in total. The molecule has 0 aliphatic rings. The highest BCUT2D eigenvalue weighted by Gasteiger charge is 2.10. The Kier molecular flexibility index (Phi) is 3.87. The standard InChI is InChI=1S/C8H17O/c1-4-5-6-7-8(2,3)9/h9H,1,4-7H2,2-3H3. The van der Waals surface area contributed by atoms with Crippen molar-refractivity contribution in [1.29, 1.82) is 0 Å². The lowest BCUT2D eigenvalue weighted by Gasteiger charge is -2.15. The van der Waals surface area contributed by atoms with E-state index in [0.29, 0.717) is 0 Å². The molecular weight excluding hydrogens is 112 g/mol. The monoisotopic (exact) mass is 129 g/mol. The first-order valence-corrected chi connectivity index (χ1v) is 3.58. The van der Waals surface area contributed by atoms with Crippen molar-refractivity contribution in [3.8, 4) is 0 Å². The van der Waals surface area contributed by atoms with E-state index in [9.17, 15) is 5.11 Å². The molecule has 0 spiro atoms. The summed E-state index contributed by atoms with van der Waals surface area (Å²) in [4.78, 5) is 0. The number of rotatable bonds is 4. The summed E-state index contributed by atoms with van der Waals surface area (Å²) in [5.74, 6) is 0. The second-order valence-electron chi connectivity index (χ2n) is 3.12. The molecule has 0 unspecified atom stereocenters. The number of hydrogen-bond acceptors (Lipinski definition) is 1. The molecule has 55 valence electrons.